The Bertz CT molecular complexity index is 2020. The van der Waals surface area contributed by atoms with Crippen LogP contribution < -0.4 is 21.3 Å². The van der Waals surface area contributed by atoms with E-state index in [9.17, 15) is 10.2 Å². The van der Waals surface area contributed by atoms with E-state index in [0.717, 1.165) is 45.5 Å². The van der Waals surface area contributed by atoms with Gasteiger partial charge in [0.15, 0.2) is 11.6 Å². The SMILES string of the molecule is CC(O)Cn1cc(Nc2nc(N[C@@H](C)C3CC3)c3cc[nH]c3n2)nn1.C[C@H](Nc1nc(Nc2cn([C@H](C)CO)nn2)nc2[nH]ccc12)C1CC1. The van der Waals surface area contributed by atoms with Gasteiger partial charge < -0.3 is 41.4 Å². The van der Waals surface area contributed by atoms with E-state index in [-0.39, 0.29) is 12.6 Å². The van der Waals surface area contributed by atoms with Gasteiger partial charge in [0.2, 0.25) is 11.9 Å². The molecule has 0 aliphatic heterocycles. The molecule has 0 radical (unpaired) electrons. The Kier molecular flexibility index (Phi) is 9.44. The van der Waals surface area contributed by atoms with E-state index in [1.165, 1.54) is 25.7 Å². The average Bonchev–Trinajstić information content (AvgIpc) is 3.90. The second-order valence-corrected chi connectivity index (χ2v) is 13.4. The van der Waals surface area contributed by atoms with Crippen LogP contribution in [-0.4, -0.2) is 94.9 Å². The number of aromatic nitrogens is 12. The van der Waals surface area contributed by atoms with Crippen LogP contribution in [0.15, 0.2) is 36.9 Å². The minimum absolute atomic E-state index is 0.000851. The molecule has 2 aliphatic carbocycles. The van der Waals surface area contributed by atoms with E-state index in [2.05, 4.69) is 85.6 Å². The average molecular weight is 685 g/mol. The molecule has 264 valence electrons. The smallest absolute Gasteiger partial charge is 0.232 e. The molecule has 0 aromatic carbocycles. The predicted molar refractivity (Wildman–Crippen MR) is 189 cm³/mol. The number of nitrogens with zero attached hydrogens (tertiary/aromatic N) is 10. The Morgan fingerprint density at radius 1 is 0.760 bits per heavy atom. The minimum atomic E-state index is -0.485. The maximum atomic E-state index is 9.42. The van der Waals surface area contributed by atoms with Crippen LogP contribution in [-0.2, 0) is 6.54 Å². The summed E-state index contributed by atoms with van der Waals surface area (Å²) < 4.78 is 3.18. The number of rotatable bonds is 14. The third-order valence-corrected chi connectivity index (χ3v) is 8.91. The normalized spacial score (nSPS) is 16.8. The van der Waals surface area contributed by atoms with Crippen LogP contribution in [0.25, 0.3) is 22.1 Å². The Labute approximate surface area is 287 Å². The third-order valence-electron chi connectivity index (χ3n) is 8.91. The molecule has 0 amide bonds. The lowest BCUT2D eigenvalue weighted by molar-refractivity contribution is 0.167. The number of fused-ring (bicyclic) bond motifs is 2. The molecule has 0 bridgehead atoms. The van der Waals surface area contributed by atoms with E-state index in [1.54, 1.807) is 28.7 Å². The Morgan fingerprint density at radius 2 is 1.28 bits per heavy atom. The van der Waals surface area contributed by atoms with Crippen molar-refractivity contribution in [3.8, 4) is 0 Å². The predicted octanol–water partition coefficient (Wildman–Crippen LogP) is 3.94. The molecule has 0 spiro atoms. The fourth-order valence-electron chi connectivity index (χ4n) is 5.65. The summed E-state index contributed by atoms with van der Waals surface area (Å²) >= 11 is 0. The molecule has 50 heavy (non-hydrogen) atoms. The molecule has 2 fully saturated rings. The largest absolute Gasteiger partial charge is 0.394 e. The molecular formula is C32H44N16O2. The van der Waals surface area contributed by atoms with Gasteiger partial charge in [0.05, 0.1) is 48.5 Å². The zero-order valence-corrected chi connectivity index (χ0v) is 28.5. The fraction of sp³-hybridized carbons (Fsp3) is 0.500. The molecule has 6 aromatic rings. The van der Waals surface area contributed by atoms with Crippen molar-refractivity contribution in [1.82, 2.24) is 59.9 Å². The lowest BCUT2D eigenvalue weighted by atomic mass is 10.2. The maximum absolute atomic E-state index is 9.42. The lowest BCUT2D eigenvalue weighted by Crippen LogP contribution is -2.18. The Hall–Kier alpha value is -5.36. The van der Waals surface area contributed by atoms with Crippen molar-refractivity contribution in [1.29, 1.82) is 0 Å². The molecule has 18 heteroatoms. The van der Waals surface area contributed by atoms with Crippen molar-refractivity contribution < 1.29 is 10.2 Å². The number of hydrogen-bond acceptors (Lipinski definition) is 14. The van der Waals surface area contributed by atoms with Crippen LogP contribution in [0, 0.1) is 11.8 Å². The van der Waals surface area contributed by atoms with Crippen molar-refractivity contribution in [3.63, 3.8) is 0 Å². The van der Waals surface area contributed by atoms with Gasteiger partial charge in [-0.25, -0.2) is 9.36 Å². The van der Waals surface area contributed by atoms with Crippen molar-refractivity contribution in [2.75, 3.05) is 27.9 Å². The van der Waals surface area contributed by atoms with Crippen LogP contribution in [0.5, 0.6) is 0 Å². The number of aliphatic hydroxyl groups is 2. The van der Waals surface area contributed by atoms with E-state index >= 15 is 0 Å². The second-order valence-electron chi connectivity index (χ2n) is 13.4. The molecule has 2 saturated carbocycles. The molecule has 8 N–H and O–H groups in total. The first-order valence-electron chi connectivity index (χ1n) is 17.1. The monoisotopic (exact) mass is 684 g/mol. The molecule has 4 atom stereocenters. The number of anilines is 6. The first kappa shape index (κ1) is 33.2. The molecule has 8 rings (SSSR count). The molecular weight excluding hydrogens is 640 g/mol. The van der Waals surface area contributed by atoms with E-state index in [0.29, 0.717) is 42.2 Å². The Balaban J connectivity index is 0.000000157. The van der Waals surface area contributed by atoms with E-state index in [4.69, 9.17) is 0 Å². The van der Waals surface area contributed by atoms with E-state index < -0.39 is 6.10 Å². The van der Waals surface area contributed by atoms with Gasteiger partial charge >= 0.3 is 0 Å². The van der Waals surface area contributed by atoms with Gasteiger partial charge in [0.25, 0.3) is 0 Å². The highest BCUT2D eigenvalue weighted by Crippen LogP contribution is 2.36. The highest BCUT2D eigenvalue weighted by atomic mass is 16.3. The van der Waals surface area contributed by atoms with Crippen LogP contribution in [0.4, 0.5) is 35.2 Å². The van der Waals surface area contributed by atoms with Crippen molar-refractivity contribution >= 4 is 57.2 Å². The zero-order chi connectivity index (χ0) is 34.8. The molecule has 6 aromatic heterocycles. The lowest BCUT2D eigenvalue weighted by Gasteiger charge is -2.15. The summed E-state index contributed by atoms with van der Waals surface area (Å²) in [7, 11) is 0. The summed E-state index contributed by atoms with van der Waals surface area (Å²) in [4.78, 5) is 24.5. The number of H-pyrrole nitrogens is 2. The van der Waals surface area contributed by atoms with Crippen LogP contribution in [0.1, 0.15) is 59.4 Å². The maximum Gasteiger partial charge on any atom is 0.232 e. The fourth-order valence-corrected chi connectivity index (χ4v) is 5.65. The summed E-state index contributed by atoms with van der Waals surface area (Å²) in [5.41, 5.74) is 1.53. The molecule has 18 nitrogen and oxygen atoms in total. The summed E-state index contributed by atoms with van der Waals surface area (Å²) in [6.07, 6.45) is 11.8. The molecule has 2 aliphatic rings. The summed E-state index contributed by atoms with van der Waals surface area (Å²) in [6.45, 7) is 8.33. The van der Waals surface area contributed by atoms with Crippen LogP contribution in [0.2, 0.25) is 0 Å². The first-order valence-corrected chi connectivity index (χ1v) is 17.1. The number of nitrogens with one attached hydrogen (secondary N) is 6. The highest BCUT2D eigenvalue weighted by Gasteiger charge is 2.29. The van der Waals surface area contributed by atoms with Gasteiger partial charge in [0.1, 0.15) is 22.9 Å². The van der Waals surface area contributed by atoms with Crippen LogP contribution >= 0.6 is 0 Å². The number of aliphatic hydroxyl groups excluding tert-OH is 2. The van der Waals surface area contributed by atoms with Gasteiger partial charge in [-0.2, -0.15) is 19.9 Å². The summed E-state index contributed by atoms with van der Waals surface area (Å²) in [6, 6.07) is 4.58. The summed E-state index contributed by atoms with van der Waals surface area (Å²) in [5, 5.41) is 49.8. The third kappa shape index (κ3) is 7.92. The second kappa shape index (κ2) is 14.2. The highest BCUT2D eigenvalue weighted by molar-refractivity contribution is 5.89. The number of aromatic amines is 2. The molecule has 6 heterocycles. The van der Waals surface area contributed by atoms with Crippen molar-refractivity contribution in [2.24, 2.45) is 11.8 Å². The quantitative estimate of drug-likeness (QED) is 0.0812. The Morgan fingerprint density at radius 3 is 1.78 bits per heavy atom. The van der Waals surface area contributed by atoms with Gasteiger partial charge in [0, 0.05) is 24.5 Å². The van der Waals surface area contributed by atoms with Gasteiger partial charge in [-0.3, -0.25) is 0 Å². The minimum Gasteiger partial charge on any atom is -0.394 e. The zero-order valence-electron chi connectivity index (χ0n) is 28.5. The first-order chi connectivity index (χ1) is 24.2. The van der Waals surface area contributed by atoms with Crippen molar-refractivity contribution in [3.05, 3.63) is 36.9 Å². The van der Waals surface area contributed by atoms with Gasteiger partial charge in [-0.15, -0.1) is 10.2 Å². The van der Waals surface area contributed by atoms with Crippen molar-refractivity contribution in [2.45, 2.75) is 84.2 Å². The number of hydrogen-bond donors (Lipinski definition) is 8. The standard InChI is InChI=1S/2C16H22N8O/c1-9(8-25)24-7-13(22-23-24)19-16-20-14-12(5-6-17-14)15(21-16)18-10(2)11-3-4-11;1-9(25)7-24-8-13(22-23-24)19-16-20-14-12(5-6-17-14)15(21-16)18-10(2)11-3-4-11/h5-7,9-11,25H,3-4,8H2,1-2H3,(H3,17,18,19,20,21);5-6,8-11,25H,3-4,7H2,1-2H3,(H3,17,18,19,20,21)/t9-,10+;9?,10-/m10/s1. The van der Waals surface area contributed by atoms with Crippen LogP contribution in [0.3, 0.4) is 0 Å². The molecule has 1 unspecified atom stereocenters. The van der Waals surface area contributed by atoms with Gasteiger partial charge in [-0.1, -0.05) is 10.4 Å². The van der Waals surface area contributed by atoms with E-state index in [1.807, 2.05) is 31.5 Å². The molecule has 0 saturated heterocycles. The van der Waals surface area contributed by atoms with Gasteiger partial charge in [-0.05, 0) is 77.3 Å². The summed E-state index contributed by atoms with van der Waals surface area (Å²) in [5.74, 6) is 5.03. The topological polar surface area (TPSA) is 233 Å².